The molecule has 1 aliphatic carbocycles. The number of fused-ring (bicyclic) bond motifs is 1. The Labute approximate surface area is 93.8 Å². The second-order valence-electron chi connectivity index (χ2n) is 4.25. The van der Waals surface area contributed by atoms with Crippen molar-refractivity contribution in [1.29, 1.82) is 0 Å². The van der Waals surface area contributed by atoms with Crippen molar-refractivity contribution >= 4 is 15.9 Å². The van der Waals surface area contributed by atoms with Crippen LogP contribution in [0, 0.1) is 0 Å². The van der Waals surface area contributed by atoms with Crippen molar-refractivity contribution in [2.45, 2.75) is 38.6 Å². The van der Waals surface area contributed by atoms with Crippen LogP contribution >= 0.6 is 15.9 Å². The first kappa shape index (κ1) is 10.2. The SMILES string of the molecule is CC(N)Cc1cc(Br)c2c(c1)CCC2. The largest absolute Gasteiger partial charge is 0.328 e. The molecule has 76 valence electrons. The lowest BCUT2D eigenvalue weighted by Crippen LogP contribution is -2.17. The van der Waals surface area contributed by atoms with Crippen LogP contribution in [0.1, 0.15) is 30.0 Å². The molecule has 0 aliphatic heterocycles. The first-order valence-electron chi connectivity index (χ1n) is 5.22. The van der Waals surface area contributed by atoms with Crippen LogP contribution in [0.15, 0.2) is 16.6 Å². The summed E-state index contributed by atoms with van der Waals surface area (Å²) in [6.45, 7) is 2.06. The number of hydrogen-bond acceptors (Lipinski definition) is 1. The lowest BCUT2D eigenvalue weighted by Gasteiger charge is -2.09. The maximum Gasteiger partial charge on any atom is 0.0212 e. The van der Waals surface area contributed by atoms with E-state index in [9.17, 15) is 0 Å². The van der Waals surface area contributed by atoms with Crippen LogP contribution in [0.3, 0.4) is 0 Å². The fourth-order valence-electron chi connectivity index (χ4n) is 2.20. The van der Waals surface area contributed by atoms with E-state index in [2.05, 4.69) is 35.0 Å². The number of hydrogen-bond donors (Lipinski definition) is 1. The zero-order chi connectivity index (χ0) is 10.1. The molecule has 1 aromatic rings. The van der Waals surface area contributed by atoms with E-state index in [0.29, 0.717) is 0 Å². The highest BCUT2D eigenvalue weighted by atomic mass is 79.9. The summed E-state index contributed by atoms with van der Waals surface area (Å²) in [5, 5.41) is 0. The van der Waals surface area contributed by atoms with Gasteiger partial charge in [-0.1, -0.05) is 22.0 Å². The van der Waals surface area contributed by atoms with E-state index in [1.54, 1.807) is 0 Å². The van der Waals surface area contributed by atoms with E-state index < -0.39 is 0 Å². The van der Waals surface area contributed by atoms with Gasteiger partial charge in [-0.15, -0.1) is 0 Å². The van der Waals surface area contributed by atoms with Crippen LogP contribution in [0.5, 0.6) is 0 Å². The Kier molecular flexibility index (Phi) is 2.93. The Balaban J connectivity index is 2.32. The van der Waals surface area contributed by atoms with Crippen LogP contribution < -0.4 is 5.73 Å². The van der Waals surface area contributed by atoms with Gasteiger partial charge in [0.05, 0.1) is 0 Å². The quantitative estimate of drug-likeness (QED) is 0.862. The van der Waals surface area contributed by atoms with Gasteiger partial charge in [-0.25, -0.2) is 0 Å². The van der Waals surface area contributed by atoms with Crippen LogP contribution in [-0.4, -0.2) is 6.04 Å². The third-order valence-corrected chi connectivity index (χ3v) is 3.49. The fourth-order valence-corrected chi connectivity index (χ4v) is 2.95. The van der Waals surface area contributed by atoms with E-state index in [1.165, 1.54) is 40.4 Å². The smallest absolute Gasteiger partial charge is 0.0212 e. The van der Waals surface area contributed by atoms with Crippen molar-refractivity contribution in [3.05, 3.63) is 33.3 Å². The topological polar surface area (TPSA) is 26.0 Å². The third-order valence-electron chi connectivity index (χ3n) is 2.78. The average molecular weight is 254 g/mol. The number of rotatable bonds is 2. The molecule has 0 spiro atoms. The minimum Gasteiger partial charge on any atom is -0.328 e. The zero-order valence-corrected chi connectivity index (χ0v) is 10.1. The summed E-state index contributed by atoms with van der Waals surface area (Å²) >= 11 is 3.65. The van der Waals surface area contributed by atoms with Crippen molar-refractivity contribution in [1.82, 2.24) is 0 Å². The molecule has 0 heterocycles. The Morgan fingerprint density at radius 3 is 2.93 bits per heavy atom. The Hall–Kier alpha value is -0.340. The molecule has 1 aromatic carbocycles. The number of halogens is 1. The monoisotopic (exact) mass is 253 g/mol. The van der Waals surface area contributed by atoms with Crippen molar-refractivity contribution < 1.29 is 0 Å². The highest BCUT2D eigenvalue weighted by Gasteiger charge is 2.15. The molecule has 2 N–H and O–H groups in total. The minimum atomic E-state index is 0.251. The summed E-state index contributed by atoms with van der Waals surface area (Å²) in [7, 11) is 0. The molecular formula is C12H16BrN. The van der Waals surface area contributed by atoms with Gasteiger partial charge in [0.15, 0.2) is 0 Å². The second kappa shape index (κ2) is 4.03. The van der Waals surface area contributed by atoms with Gasteiger partial charge in [0.2, 0.25) is 0 Å². The summed E-state index contributed by atoms with van der Waals surface area (Å²) in [6, 6.07) is 4.81. The van der Waals surface area contributed by atoms with Gasteiger partial charge in [-0.3, -0.25) is 0 Å². The van der Waals surface area contributed by atoms with E-state index in [4.69, 9.17) is 5.73 Å². The molecule has 1 unspecified atom stereocenters. The van der Waals surface area contributed by atoms with E-state index in [-0.39, 0.29) is 6.04 Å². The molecule has 2 rings (SSSR count). The standard InChI is InChI=1S/C12H16BrN/c1-8(14)5-9-6-10-3-2-4-11(10)12(13)7-9/h6-8H,2-5,14H2,1H3. The van der Waals surface area contributed by atoms with Crippen LogP contribution in [-0.2, 0) is 19.3 Å². The zero-order valence-electron chi connectivity index (χ0n) is 8.52. The van der Waals surface area contributed by atoms with Gasteiger partial charge < -0.3 is 5.73 Å². The predicted octanol–water partition coefficient (Wildman–Crippen LogP) is 2.83. The van der Waals surface area contributed by atoms with Crippen LogP contribution in [0.25, 0.3) is 0 Å². The second-order valence-corrected chi connectivity index (χ2v) is 5.10. The first-order valence-corrected chi connectivity index (χ1v) is 6.02. The van der Waals surface area contributed by atoms with Gasteiger partial charge in [0, 0.05) is 10.5 Å². The number of aryl methyl sites for hydroxylation is 1. The molecule has 0 radical (unpaired) electrons. The molecule has 14 heavy (non-hydrogen) atoms. The summed E-state index contributed by atoms with van der Waals surface area (Å²) in [5.74, 6) is 0. The van der Waals surface area contributed by atoms with Gasteiger partial charge in [0.25, 0.3) is 0 Å². The van der Waals surface area contributed by atoms with Crippen molar-refractivity contribution in [2.24, 2.45) is 5.73 Å². The molecule has 0 amide bonds. The average Bonchev–Trinajstić information content (AvgIpc) is 2.50. The lowest BCUT2D eigenvalue weighted by atomic mass is 10.0. The summed E-state index contributed by atoms with van der Waals surface area (Å²) in [5.41, 5.74) is 10.2. The van der Waals surface area contributed by atoms with Crippen LogP contribution in [0.2, 0.25) is 0 Å². The van der Waals surface area contributed by atoms with Gasteiger partial charge >= 0.3 is 0 Å². The summed E-state index contributed by atoms with van der Waals surface area (Å²) < 4.78 is 1.28. The molecule has 1 nitrogen and oxygen atoms in total. The highest BCUT2D eigenvalue weighted by Crippen LogP contribution is 2.30. The molecule has 0 aromatic heterocycles. The Bertz CT molecular complexity index is 344. The molecule has 0 saturated carbocycles. The first-order chi connectivity index (χ1) is 6.66. The summed E-state index contributed by atoms with van der Waals surface area (Å²) in [6.07, 6.45) is 4.75. The van der Waals surface area contributed by atoms with E-state index >= 15 is 0 Å². The minimum absolute atomic E-state index is 0.251. The van der Waals surface area contributed by atoms with Crippen molar-refractivity contribution in [2.75, 3.05) is 0 Å². The Morgan fingerprint density at radius 1 is 1.43 bits per heavy atom. The van der Waals surface area contributed by atoms with Crippen LogP contribution in [0.4, 0.5) is 0 Å². The van der Waals surface area contributed by atoms with E-state index in [1.807, 2.05) is 0 Å². The molecule has 2 heteroatoms. The van der Waals surface area contributed by atoms with E-state index in [0.717, 1.165) is 6.42 Å². The number of nitrogens with two attached hydrogens (primary N) is 1. The Morgan fingerprint density at radius 2 is 2.21 bits per heavy atom. The molecular weight excluding hydrogens is 238 g/mol. The van der Waals surface area contributed by atoms with Gasteiger partial charge in [-0.2, -0.15) is 0 Å². The third kappa shape index (κ3) is 2.01. The normalized spacial score (nSPS) is 16.8. The predicted molar refractivity (Wildman–Crippen MR) is 63.5 cm³/mol. The molecule has 0 bridgehead atoms. The van der Waals surface area contributed by atoms with Crippen molar-refractivity contribution in [3.8, 4) is 0 Å². The molecule has 0 saturated heterocycles. The maximum atomic E-state index is 5.80. The summed E-state index contributed by atoms with van der Waals surface area (Å²) in [4.78, 5) is 0. The van der Waals surface area contributed by atoms with Gasteiger partial charge in [-0.05, 0) is 55.4 Å². The van der Waals surface area contributed by atoms with Crippen molar-refractivity contribution in [3.63, 3.8) is 0 Å². The highest BCUT2D eigenvalue weighted by molar-refractivity contribution is 9.10. The molecule has 1 aliphatic rings. The fraction of sp³-hybridized carbons (Fsp3) is 0.500. The number of benzene rings is 1. The molecule has 0 fully saturated rings. The maximum absolute atomic E-state index is 5.80. The molecule has 1 atom stereocenters. The van der Waals surface area contributed by atoms with Gasteiger partial charge in [0.1, 0.15) is 0 Å². The lowest BCUT2D eigenvalue weighted by molar-refractivity contribution is 0.737.